The fourth-order valence-electron chi connectivity index (χ4n) is 1.41. The van der Waals surface area contributed by atoms with Crippen LogP contribution in [0.4, 0.5) is 11.4 Å². The minimum Gasteiger partial charge on any atom is -0.393 e. The first kappa shape index (κ1) is 8.12. The van der Waals surface area contributed by atoms with Gasteiger partial charge >= 0.3 is 0 Å². The van der Waals surface area contributed by atoms with E-state index in [4.69, 9.17) is 10.8 Å². The number of anilines is 2. The van der Waals surface area contributed by atoms with E-state index in [-0.39, 0.29) is 17.4 Å². The number of β-amino-alcohol motifs (C(OH)–C–C–N with tert-alkyl or cyclic N) is 1. The summed E-state index contributed by atoms with van der Waals surface area (Å²) in [5, 5.41) is 9.07. The number of nitrogen functional groups attached to an aromatic ring is 1. The second-order valence-electron chi connectivity index (χ2n) is 3.16. The van der Waals surface area contributed by atoms with Crippen molar-refractivity contribution in [1.29, 1.82) is 0 Å². The highest BCUT2D eigenvalue weighted by Gasteiger charge is 2.26. The van der Waals surface area contributed by atoms with E-state index in [0.717, 1.165) is 0 Å². The van der Waals surface area contributed by atoms with Crippen LogP contribution in [0, 0.1) is 0 Å². The van der Waals surface area contributed by atoms with Gasteiger partial charge in [-0.15, -0.1) is 0 Å². The standard InChI is InChI=1S/C8H11N3O2/c9-7-6(1-2-10-8(7)13)11-3-5(12)4-11/h1-2,5,12H,3-4,9H2,(H,10,13). The highest BCUT2D eigenvalue weighted by Crippen LogP contribution is 2.23. The summed E-state index contributed by atoms with van der Waals surface area (Å²) < 4.78 is 0. The quantitative estimate of drug-likeness (QED) is 0.526. The van der Waals surface area contributed by atoms with Crippen molar-refractivity contribution in [1.82, 2.24) is 4.98 Å². The van der Waals surface area contributed by atoms with Crippen LogP contribution in [0.3, 0.4) is 0 Å². The first-order valence-corrected chi connectivity index (χ1v) is 4.08. The third-order valence-electron chi connectivity index (χ3n) is 2.18. The van der Waals surface area contributed by atoms with Crippen LogP contribution in [0.25, 0.3) is 0 Å². The van der Waals surface area contributed by atoms with Gasteiger partial charge in [-0.2, -0.15) is 0 Å². The van der Waals surface area contributed by atoms with E-state index in [1.165, 1.54) is 0 Å². The molecule has 0 aliphatic carbocycles. The number of aliphatic hydroxyl groups is 1. The molecule has 0 spiro atoms. The molecular weight excluding hydrogens is 170 g/mol. The molecule has 5 nitrogen and oxygen atoms in total. The van der Waals surface area contributed by atoms with Gasteiger partial charge in [-0.25, -0.2) is 0 Å². The summed E-state index contributed by atoms with van der Waals surface area (Å²) in [6.45, 7) is 1.10. The maximum Gasteiger partial charge on any atom is 0.273 e. The number of rotatable bonds is 1. The van der Waals surface area contributed by atoms with Crippen molar-refractivity contribution >= 4 is 11.4 Å². The number of hydrogen-bond acceptors (Lipinski definition) is 4. The number of H-pyrrole nitrogens is 1. The molecule has 0 atom stereocenters. The molecule has 2 rings (SSSR count). The predicted octanol–water partition coefficient (Wildman–Crippen LogP) is -0.862. The van der Waals surface area contributed by atoms with E-state index in [1.807, 2.05) is 4.90 Å². The number of nitrogens with two attached hydrogens (primary N) is 1. The number of pyridine rings is 1. The number of aromatic amines is 1. The van der Waals surface area contributed by atoms with Crippen LogP contribution < -0.4 is 16.2 Å². The van der Waals surface area contributed by atoms with Gasteiger partial charge in [-0.05, 0) is 6.07 Å². The lowest BCUT2D eigenvalue weighted by Crippen LogP contribution is -2.51. The maximum atomic E-state index is 11.1. The van der Waals surface area contributed by atoms with Gasteiger partial charge < -0.3 is 20.7 Å². The van der Waals surface area contributed by atoms with Gasteiger partial charge in [0.1, 0.15) is 5.69 Å². The molecule has 0 bridgehead atoms. The fourth-order valence-corrected chi connectivity index (χ4v) is 1.41. The molecule has 0 amide bonds. The molecule has 70 valence electrons. The average molecular weight is 181 g/mol. The molecule has 1 fully saturated rings. The fraction of sp³-hybridized carbons (Fsp3) is 0.375. The van der Waals surface area contributed by atoms with Crippen LogP contribution in [0.1, 0.15) is 0 Å². The van der Waals surface area contributed by atoms with Crippen LogP contribution in [-0.2, 0) is 0 Å². The lowest BCUT2D eigenvalue weighted by molar-refractivity contribution is 0.142. The highest BCUT2D eigenvalue weighted by molar-refractivity contribution is 5.67. The van der Waals surface area contributed by atoms with Crippen LogP contribution in [0.2, 0.25) is 0 Å². The normalized spacial score (nSPS) is 17.2. The van der Waals surface area contributed by atoms with Gasteiger partial charge in [-0.3, -0.25) is 4.79 Å². The van der Waals surface area contributed by atoms with E-state index in [9.17, 15) is 4.79 Å². The molecule has 1 aliphatic rings. The van der Waals surface area contributed by atoms with Crippen LogP contribution >= 0.6 is 0 Å². The summed E-state index contributed by atoms with van der Waals surface area (Å²) in [4.78, 5) is 15.5. The minimum atomic E-state index is -0.293. The Morgan fingerprint density at radius 1 is 1.62 bits per heavy atom. The zero-order valence-corrected chi connectivity index (χ0v) is 7.03. The highest BCUT2D eigenvalue weighted by atomic mass is 16.3. The Balaban J connectivity index is 2.31. The van der Waals surface area contributed by atoms with Crippen LogP contribution in [-0.4, -0.2) is 29.3 Å². The maximum absolute atomic E-state index is 11.1. The van der Waals surface area contributed by atoms with Crippen molar-refractivity contribution in [3.8, 4) is 0 Å². The van der Waals surface area contributed by atoms with Gasteiger partial charge in [0.25, 0.3) is 5.56 Å². The van der Waals surface area contributed by atoms with E-state index in [0.29, 0.717) is 18.8 Å². The Kier molecular flexibility index (Phi) is 1.73. The van der Waals surface area contributed by atoms with Crippen LogP contribution in [0.15, 0.2) is 17.1 Å². The minimum absolute atomic E-state index is 0.217. The molecule has 4 N–H and O–H groups in total. The zero-order chi connectivity index (χ0) is 9.42. The SMILES string of the molecule is Nc1c(N2CC(O)C2)cc[nH]c1=O. The van der Waals surface area contributed by atoms with Gasteiger partial charge in [0, 0.05) is 19.3 Å². The summed E-state index contributed by atoms with van der Waals surface area (Å²) in [5.74, 6) is 0. The molecule has 0 radical (unpaired) electrons. The third-order valence-corrected chi connectivity index (χ3v) is 2.18. The number of aromatic nitrogens is 1. The molecule has 2 heterocycles. The third kappa shape index (κ3) is 1.27. The molecule has 1 aromatic heterocycles. The summed E-state index contributed by atoms with van der Waals surface area (Å²) in [5.41, 5.74) is 6.21. The molecule has 1 aliphatic heterocycles. The Bertz CT molecular complexity index is 368. The van der Waals surface area contributed by atoms with Crippen molar-refractivity contribution in [2.75, 3.05) is 23.7 Å². The van der Waals surface area contributed by atoms with Gasteiger partial charge in [0.15, 0.2) is 0 Å². The van der Waals surface area contributed by atoms with Crippen molar-refractivity contribution in [2.45, 2.75) is 6.10 Å². The topological polar surface area (TPSA) is 82.3 Å². The summed E-state index contributed by atoms with van der Waals surface area (Å²) >= 11 is 0. The van der Waals surface area contributed by atoms with Crippen LogP contribution in [0.5, 0.6) is 0 Å². The van der Waals surface area contributed by atoms with E-state index in [2.05, 4.69) is 4.98 Å². The van der Waals surface area contributed by atoms with Gasteiger partial charge in [-0.1, -0.05) is 0 Å². The molecular formula is C8H11N3O2. The lowest BCUT2D eigenvalue weighted by atomic mass is 10.1. The average Bonchev–Trinajstić information content (AvgIpc) is 2.05. The summed E-state index contributed by atoms with van der Waals surface area (Å²) in [7, 11) is 0. The van der Waals surface area contributed by atoms with Gasteiger partial charge in [0.05, 0.1) is 11.8 Å². The number of aliphatic hydroxyl groups excluding tert-OH is 1. The molecule has 1 saturated heterocycles. The first-order valence-electron chi connectivity index (χ1n) is 4.08. The smallest absolute Gasteiger partial charge is 0.273 e. The van der Waals surface area contributed by atoms with Crippen molar-refractivity contribution in [3.63, 3.8) is 0 Å². The molecule has 5 heteroatoms. The molecule has 0 unspecified atom stereocenters. The largest absolute Gasteiger partial charge is 0.393 e. The van der Waals surface area contributed by atoms with E-state index in [1.54, 1.807) is 12.3 Å². The summed E-state index contributed by atoms with van der Waals surface area (Å²) in [6, 6.07) is 1.74. The van der Waals surface area contributed by atoms with E-state index < -0.39 is 0 Å². The lowest BCUT2D eigenvalue weighted by Gasteiger charge is -2.38. The Hall–Kier alpha value is -1.49. The first-order chi connectivity index (χ1) is 6.18. The molecule has 1 aromatic rings. The van der Waals surface area contributed by atoms with Crippen molar-refractivity contribution < 1.29 is 5.11 Å². The number of hydrogen-bond donors (Lipinski definition) is 3. The Morgan fingerprint density at radius 2 is 2.31 bits per heavy atom. The van der Waals surface area contributed by atoms with Gasteiger partial charge in [0.2, 0.25) is 0 Å². The number of nitrogens with zero attached hydrogens (tertiary/aromatic N) is 1. The monoisotopic (exact) mass is 181 g/mol. The number of nitrogens with one attached hydrogen (secondary N) is 1. The van der Waals surface area contributed by atoms with E-state index >= 15 is 0 Å². The zero-order valence-electron chi connectivity index (χ0n) is 7.03. The molecule has 0 saturated carbocycles. The second kappa shape index (κ2) is 2.77. The Labute approximate surface area is 74.8 Å². The molecule has 13 heavy (non-hydrogen) atoms. The van der Waals surface area contributed by atoms with Crippen molar-refractivity contribution in [3.05, 3.63) is 22.6 Å². The predicted molar refractivity (Wildman–Crippen MR) is 49.7 cm³/mol. The molecule has 0 aromatic carbocycles. The summed E-state index contributed by atoms with van der Waals surface area (Å²) in [6.07, 6.45) is 1.26. The Morgan fingerprint density at radius 3 is 2.92 bits per heavy atom. The van der Waals surface area contributed by atoms with Crippen molar-refractivity contribution in [2.24, 2.45) is 0 Å². The second-order valence-corrected chi connectivity index (χ2v) is 3.16.